The number of nitrogens with one attached hydrogen (secondary N) is 1. The lowest BCUT2D eigenvalue weighted by molar-refractivity contribution is -0.133. The number of unbranched alkanes of at least 4 members (excludes halogenated alkanes) is 3. The Morgan fingerprint density at radius 3 is 2.44 bits per heavy atom. The zero-order chi connectivity index (χ0) is 13.8. The summed E-state index contributed by atoms with van der Waals surface area (Å²) >= 11 is 0. The van der Waals surface area contributed by atoms with Crippen LogP contribution in [0.15, 0.2) is 0 Å². The van der Waals surface area contributed by atoms with Gasteiger partial charge in [-0.05, 0) is 25.7 Å². The summed E-state index contributed by atoms with van der Waals surface area (Å²) in [7, 11) is 0. The molecule has 0 saturated carbocycles. The number of hydrogen-bond donors (Lipinski definition) is 1. The van der Waals surface area contributed by atoms with Crippen LogP contribution in [0, 0.1) is 5.92 Å². The third kappa shape index (κ3) is 3.25. The van der Waals surface area contributed by atoms with E-state index in [1.807, 2.05) is 6.92 Å². The minimum absolute atomic E-state index is 0.212. The highest BCUT2D eigenvalue weighted by Gasteiger charge is 2.47. The smallest absolute Gasteiger partial charge is 0.243 e. The molecule has 1 amide bonds. The Morgan fingerprint density at radius 1 is 1.28 bits per heavy atom. The monoisotopic (exact) mass is 254 g/mol. The van der Waals surface area contributed by atoms with Crippen LogP contribution in [0.1, 0.15) is 66.7 Å². The van der Waals surface area contributed by atoms with Crippen molar-refractivity contribution < 1.29 is 4.79 Å². The highest BCUT2D eigenvalue weighted by molar-refractivity contribution is 5.88. The lowest BCUT2D eigenvalue weighted by Gasteiger charge is -2.27. The van der Waals surface area contributed by atoms with Gasteiger partial charge in [-0.1, -0.05) is 47.0 Å². The molecule has 1 fully saturated rings. The molecule has 1 heterocycles. The van der Waals surface area contributed by atoms with Crippen molar-refractivity contribution in [1.29, 1.82) is 0 Å². The number of carbonyl (C=O) groups excluding carboxylic acids is 1. The third-order valence-corrected chi connectivity index (χ3v) is 4.13. The average Bonchev–Trinajstić information content (AvgIpc) is 2.60. The second-order valence-electron chi connectivity index (χ2n) is 6.08. The van der Waals surface area contributed by atoms with E-state index in [4.69, 9.17) is 0 Å². The molecule has 1 aliphatic heterocycles. The Labute approximate surface area is 112 Å². The molecule has 2 unspecified atom stereocenters. The van der Waals surface area contributed by atoms with Crippen LogP contribution in [0.25, 0.3) is 0 Å². The molecule has 1 N–H and O–H groups in total. The van der Waals surface area contributed by atoms with Crippen LogP contribution >= 0.6 is 0 Å². The van der Waals surface area contributed by atoms with Gasteiger partial charge in [0.05, 0.1) is 11.7 Å². The summed E-state index contributed by atoms with van der Waals surface area (Å²) in [5.41, 5.74) is -0.348. The van der Waals surface area contributed by atoms with Gasteiger partial charge in [0.15, 0.2) is 0 Å². The van der Waals surface area contributed by atoms with Crippen molar-refractivity contribution in [2.45, 2.75) is 78.4 Å². The van der Waals surface area contributed by atoms with Crippen LogP contribution in [0.3, 0.4) is 0 Å². The topological polar surface area (TPSA) is 32.3 Å². The molecule has 0 spiro atoms. The van der Waals surface area contributed by atoms with Crippen LogP contribution in [-0.2, 0) is 4.79 Å². The Balaban J connectivity index is 2.64. The van der Waals surface area contributed by atoms with Gasteiger partial charge >= 0.3 is 0 Å². The SMILES string of the molecule is CCCCCCN1C(=O)C(C)(CC)NC1C(C)C. The fraction of sp³-hybridized carbons (Fsp3) is 0.933. The van der Waals surface area contributed by atoms with Gasteiger partial charge < -0.3 is 4.90 Å². The van der Waals surface area contributed by atoms with E-state index in [9.17, 15) is 4.79 Å². The summed E-state index contributed by atoms with van der Waals surface area (Å²) in [6, 6.07) is 0. The van der Waals surface area contributed by atoms with Gasteiger partial charge in [0.1, 0.15) is 0 Å². The lowest BCUT2D eigenvalue weighted by Crippen LogP contribution is -2.45. The minimum atomic E-state index is -0.348. The maximum absolute atomic E-state index is 12.5. The van der Waals surface area contributed by atoms with Crippen molar-refractivity contribution in [3.63, 3.8) is 0 Å². The van der Waals surface area contributed by atoms with E-state index in [-0.39, 0.29) is 11.7 Å². The minimum Gasteiger partial charge on any atom is -0.325 e. The molecule has 0 bridgehead atoms. The molecule has 1 rings (SSSR count). The predicted molar refractivity (Wildman–Crippen MR) is 76.3 cm³/mol. The van der Waals surface area contributed by atoms with Crippen molar-refractivity contribution in [3.05, 3.63) is 0 Å². The molecule has 3 nitrogen and oxygen atoms in total. The molecule has 1 saturated heterocycles. The van der Waals surface area contributed by atoms with Crippen molar-refractivity contribution in [3.8, 4) is 0 Å². The zero-order valence-corrected chi connectivity index (χ0v) is 12.8. The van der Waals surface area contributed by atoms with E-state index < -0.39 is 0 Å². The van der Waals surface area contributed by atoms with Crippen LogP contribution in [0.5, 0.6) is 0 Å². The van der Waals surface area contributed by atoms with Gasteiger partial charge in [-0.2, -0.15) is 0 Å². The normalized spacial score (nSPS) is 28.4. The Bertz CT molecular complexity index is 278. The maximum atomic E-state index is 12.5. The molecule has 0 aromatic carbocycles. The third-order valence-electron chi connectivity index (χ3n) is 4.13. The van der Waals surface area contributed by atoms with E-state index in [1.54, 1.807) is 0 Å². The summed E-state index contributed by atoms with van der Waals surface area (Å²) in [4.78, 5) is 14.6. The van der Waals surface area contributed by atoms with Gasteiger partial charge in [-0.15, -0.1) is 0 Å². The van der Waals surface area contributed by atoms with Crippen molar-refractivity contribution in [1.82, 2.24) is 10.2 Å². The fourth-order valence-electron chi connectivity index (χ4n) is 2.64. The van der Waals surface area contributed by atoms with Crippen LogP contribution in [-0.4, -0.2) is 29.1 Å². The first kappa shape index (κ1) is 15.5. The van der Waals surface area contributed by atoms with E-state index in [0.29, 0.717) is 11.8 Å². The molecule has 106 valence electrons. The zero-order valence-electron chi connectivity index (χ0n) is 12.8. The lowest BCUT2D eigenvalue weighted by atomic mass is 9.99. The highest BCUT2D eigenvalue weighted by atomic mass is 16.2. The van der Waals surface area contributed by atoms with E-state index in [2.05, 4.69) is 37.9 Å². The molecule has 0 aromatic rings. The van der Waals surface area contributed by atoms with Gasteiger partial charge in [-0.3, -0.25) is 10.1 Å². The van der Waals surface area contributed by atoms with Gasteiger partial charge in [-0.25, -0.2) is 0 Å². The van der Waals surface area contributed by atoms with Crippen molar-refractivity contribution in [2.75, 3.05) is 6.54 Å². The first-order chi connectivity index (χ1) is 8.46. The van der Waals surface area contributed by atoms with Gasteiger partial charge in [0, 0.05) is 6.54 Å². The average molecular weight is 254 g/mol. The first-order valence-electron chi connectivity index (χ1n) is 7.55. The second-order valence-corrected chi connectivity index (χ2v) is 6.08. The van der Waals surface area contributed by atoms with E-state index >= 15 is 0 Å². The largest absolute Gasteiger partial charge is 0.325 e. The van der Waals surface area contributed by atoms with Crippen molar-refractivity contribution >= 4 is 5.91 Å². The number of carbonyl (C=O) groups is 1. The summed E-state index contributed by atoms with van der Waals surface area (Å²) in [6.45, 7) is 11.6. The summed E-state index contributed by atoms with van der Waals surface area (Å²) in [5, 5.41) is 3.53. The van der Waals surface area contributed by atoms with Gasteiger partial charge in [0.2, 0.25) is 5.91 Å². The number of rotatable bonds is 7. The summed E-state index contributed by atoms with van der Waals surface area (Å²) in [6.07, 6.45) is 5.95. The van der Waals surface area contributed by atoms with Crippen molar-refractivity contribution in [2.24, 2.45) is 5.92 Å². The molecular weight excluding hydrogens is 224 g/mol. The van der Waals surface area contributed by atoms with Crippen LogP contribution in [0.4, 0.5) is 0 Å². The molecule has 2 atom stereocenters. The Kier molecular flexibility index (Phi) is 5.64. The molecule has 0 radical (unpaired) electrons. The molecule has 1 aliphatic rings. The summed E-state index contributed by atoms with van der Waals surface area (Å²) < 4.78 is 0. The molecule has 0 aliphatic carbocycles. The highest BCUT2D eigenvalue weighted by Crippen LogP contribution is 2.27. The maximum Gasteiger partial charge on any atom is 0.243 e. The molecule has 3 heteroatoms. The van der Waals surface area contributed by atoms with Gasteiger partial charge in [0.25, 0.3) is 0 Å². The predicted octanol–water partition coefficient (Wildman–Crippen LogP) is 3.15. The Morgan fingerprint density at radius 2 is 1.94 bits per heavy atom. The number of amides is 1. The summed E-state index contributed by atoms with van der Waals surface area (Å²) in [5.74, 6) is 0.758. The van der Waals surface area contributed by atoms with E-state index in [1.165, 1.54) is 19.3 Å². The Hall–Kier alpha value is -0.570. The number of hydrogen-bond acceptors (Lipinski definition) is 2. The van der Waals surface area contributed by atoms with E-state index in [0.717, 1.165) is 19.4 Å². The quantitative estimate of drug-likeness (QED) is 0.708. The van der Waals surface area contributed by atoms with Crippen LogP contribution < -0.4 is 5.32 Å². The molecule has 0 aromatic heterocycles. The first-order valence-corrected chi connectivity index (χ1v) is 7.55. The second kappa shape index (κ2) is 6.55. The molecule has 18 heavy (non-hydrogen) atoms. The molecular formula is C15H30N2O. The standard InChI is InChI=1S/C15H30N2O/c1-6-8-9-10-11-17-13(12(3)4)16-15(5,7-2)14(17)18/h12-13,16H,6-11H2,1-5H3. The van der Waals surface area contributed by atoms with Crippen LogP contribution in [0.2, 0.25) is 0 Å². The fourth-order valence-corrected chi connectivity index (χ4v) is 2.64. The number of nitrogens with zero attached hydrogens (tertiary/aromatic N) is 1.